The van der Waals surface area contributed by atoms with Gasteiger partial charge in [-0.05, 0) is 12.5 Å². The fraction of sp³-hybridized carbons (Fsp3) is 0.571. The van der Waals surface area contributed by atoms with E-state index in [1.807, 2.05) is 0 Å². The van der Waals surface area contributed by atoms with Gasteiger partial charge in [0, 0.05) is 12.7 Å². The summed E-state index contributed by atoms with van der Waals surface area (Å²) in [5.74, 6) is 0.473. The van der Waals surface area contributed by atoms with Crippen LogP contribution in [0.25, 0.3) is 0 Å². The number of nitrogens with one attached hydrogen (secondary N) is 2. The summed E-state index contributed by atoms with van der Waals surface area (Å²) >= 11 is 5.78. The van der Waals surface area contributed by atoms with Gasteiger partial charge in [-0.2, -0.15) is 8.42 Å². The minimum absolute atomic E-state index is 0.00474. The van der Waals surface area contributed by atoms with E-state index in [9.17, 15) is 8.42 Å². The second-order valence-electron chi connectivity index (χ2n) is 5.23. The highest BCUT2D eigenvalue weighted by atomic mass is 35.5. The Balaban J connectivity index is 1.87. The second-order valence-corrected chi connectivity index (χ2v) is 7.24. The number of hydrogen-bond donors (Lipinski definition) is 2. The van der Waals surface area contributed by atoms with Gasteiger partial charge in [-0.25, -0.2) is 4.98 Å². The molecule has 0 spiro atoms. The van der Waals surface area contributed by atoms with E-state index in [2.05, 4.69) is 26.9 Å². The zero-order valence-electron chi connectivity index (χ0n) is 12.6. The number of pyridine rings is 1. The number of anilines is 1. The maximum Gasteiger partial charge on any atom is 0.289 e. The van der Waals surface area contributed by atoms with Crippen molar-refractivity contribution in [3.8, 4) is 0 Å². The van der Waals surface area contributed by atoms with E-state index in [-0.39, 0.29) is 21.7 Å². The van der Waals surface area contributed by atoms with Gasteiger partial charge >= 0.3 is 0 Å². The normalized spacial score (nSPS) is 15.6. The molecule has 0 aliphatic carbocycles. The molecular weight excluding hydrogens is 324 g/mol. The van der Waals surface area contributed by atoms with Crippen LogP contribution in [-0.4, -0.2) is 25.9 Å². The summed E-state index contributed by atoms with van der Waals surface area (Å²) in [4.78, 5) is 4.00. The standard InChI is InChI=1S/C14H21ClN4O2S/c1-2-3-4-5-6-7-8-16-14-18-13-12(22(20,21)19-14)9-11(15)10-17-13/h9-10H,2-8H2,1H3,(H2,16,17,18,19). The lowest BCUT2D eigenvalue weighted by atomic mass is 10.1. The molecule has 22 heavy (non-hydrogen) atoms. The number of aromatic nitrogens is 1. The van der Waals surface area contributed by atoms with Crippen LogP contribution in [0.5, 0.6) is 0 Å². The predicted octanol–water partition coefficient (Wildman–Crippen LogP) is 3.16. The van der Waals surface area contributed by atoms with E-state index in [1.165, 1.54) is 37.9 Å². The first-order valence-corrected chi connectivity index (χ1v) is 9.36. The van der Waals surface area contributed by atoms with Crippen molar-refractivity contribution < 1.29 is 8.42 Å². The van der Waals surface area contributed by atoms with Crippen LogP contribution in [-0.2, 0) is 10.0 Å². The van der Waals surface area contributed by atoms with Crippen molar-refractivity contribution in [1.82, 2.24) is 10.3 Å². The van der Waals surface area contributed by atoms with Crippen molar-refractivity contribution in [1.29, 1.82) is 0 Å². The summed E-state index contributed by atoms with van der Waals surface area (Å²) in [5, 5.41) is 6.16. The van der Waals surface area contributed by atoms with Gasteiger partial charge in [-0.15, -0.1) is 4.40 Å². The van der Waals surface area contributed by atoms with Gasteiger partial charge in [-0.1, -0.05) is 50.6 Å². The van der Waals surface area contributed by atoms with Gasteiger partial charge < -0.3 is 10.6 Å². The average molecular weight is 345 g/mol. The van der Waals surface area contributed by atoms with E-state index >= 15 is 0 Å². The van der Waals surface area contributed by atoms with Gasteiger partial charge in [0.25, 0.3) is 10.0 Å². The van der Waals surface area contributed by atoms with Crippen LogP contribution >= 0.6 is 11.6 Å². The Morgan fingerprint density at radius 2 is 1.95 bits per heavy atom. The summed E-state index contributed by atoms with van der Waals surface area (Å²) < 4.78 is 27.9. The number of guanidine groups is 1. The van der Waals surface area contributed by atoms with Crippen molar-refractivity contribution in [3.05, 3.63) is 17.3 Å². The van der Waals surface area contributed by atoms with Gasteiger partial charge in [0.2, 0.25) is 5.96 Å². The van der Waals surface area contributed by atoms with Gasteiger partial charge in [0.1, 0.15) is 4.90 Å². The zero-order chi connectivity index (χ0) is 16.0. The Kier molecular flexibility index (Phi) is 6.02. The number of rotatable bonds is 7. The predicted molar refractivity (Wildman–Crippen MR) is 88.9 cm³/mol. The van der Waals surface area contributed by atoms with Crippen molar-refractivity contribution in [2.24, 2.45) is 4.40 Å². The molecular formula is C14H21ClN4O2S. The SMILES string of the molecule is CCCCCCCCNC1=NS(=O)(=O)c2cc(Cl)cnc2N1. The Morgan fingerprint density at radius 3 is 2.73 bits per heavy atom. The maximum absolute atomic E-state index is 12.1. The van der Waals surface area contributed by atoms with Gasteiger partial charge in [0.15, 0.2) is 5.82 Å². The molecule has 0 unspecified atom stereocenters. The first-order chi connectivity index (χ1) is 10.5. The molecule has 0 aromatic carbocycles. The monoisotopic (exact) mass is 344 g/mol. The molecule has 2 N–H and O–H groups in total. The number of fused-ring (bicyclic) bond motifs is 1. The molecule has 0 atom stereocenters. The van der Waals surface area contributed by atoms with Gasteiger partial charge in [0.05, 0.1) is 5.02 Å². The Bertz CT molecular complexity index is 646. The summed E-state index contributed by atoms with van der Waals surface area (Å²) in [5.41, 5.74) is 0. The van der Waals surface area contributed by atoms with E-state index in [0.29, 0.717) is 6.54 Å². The lowest BCUT2D eigenvalue weighted by Crippen LogP contribution is -2.35. The largest absolute Gasteiger partial charge is 0.355 e. The fourth-order valence-corrected chi connectivity index (χ4v) is 3.50. The van der Waals surface area contributed by atoms with Crippen LogP contribution in [0.4, 0.5) is 5.82 Å². The molecule has 8 heteroatoms. The van der Waals surface area contributed by atoms with E-state index in [4.69, 9.17) is 11.6 Å². The molecule has 0 amide bonds. The highest BCUT2D eigenvalue weighted by molar-refractivity contribution is 7.90. The Morgan fingerprint density at radius 1 is 1.23 bits per heavy atom. The summed E-state index contributed by atoms with van der Waals surface area (Å²) in [6.45, 7) is 2.87. The molecule has 0 fully saturated rings. The third-order valence-electron chi connectivity index (χ3n) is 3.37. The highest BCUT2D eigenvalue weighted by Crippen LogP contribution is 2.27. The first kappa shape index (κ1) is 17.0. The van der Waals surface area contributed by atoms with Crippen LogP contribution in [0.15, 0.2) is 21.6 Å². The van der Waals surface area contributed by atoms with Crippen molar-refractivity contribution in [2.75, 3.05) is 11.9 Å². The van der Waals surface area contributed by atoms with E-state index in [1.54, 1.807) is 0 Å². The minimum Gasteiger partial charge on any atom is -0.355 e. The highest BCUT2D eigenvalue weighted by Gasteiger charge is 2.26. The molecule has 2 heterocycles. The number of halogens is 1. The van der Waals surface area contributed by atoms with Gasteiger partial charge in [-0.3, -0.25) is 0 Å². The fourth-order valence-electron chi connectivity index (χ4n) is 2.20. The van der Waals surface area contributed by atoms with Crippen LogP contribution in [0.2, 0.25) is 5.02 Å². The van der Waals surface area contributed by atoms with Crippen LogP contribution < -0.4 is 10.6 Å². The van der Waals surface area contributed by atoms with Crippen LogP contribution in [0, 0.1) is 0 Å². The molecule has 6 nitrogen and oxygen atoms in total. The van der Waals surface area contributed by atoms with Crippen molar-refractivity contribution >= 4 is 33.4 Å². The third-order valence-corrected chi connectivity index (χ3v) is 4.86. The molecule has 1 aromatic heterocycles. The van der Waals surface area contributed by atoms with Crippen molar-refractivity contribution in [2.45, 2.75) is 50.3 Å². The topological polar surface area (TPSA) is 83.5 Å². The number of sulfonamides is 1. The quantitative estimate of drug-likeness (QED) is 0.742. The molecule has 0 saturated heterocycles. The van der Waals surface area contributed by atoms with Crippen LogP contribution in [0.3, 0.4) is 0 Å². The molecule has 0 radical (unpaired) electrons. The minimum atomic E-state index is -3.75. The summed E-state index contributed by atoms with van der Waals surface area (Å²) in [6, 6.07) is 1.35. The zero-order valence-corrected chi connectivity index (χ0v) is 14.2. The van der Waals surface area contributed by atoms with Crippen LogP contribution in [0.1, 0.15) is 45.4 Å². The molecule has 122 valence electrons. The average Bonchev–Trinajstić information content (AvgIpc) is 2.47. The van der Waals surface area contributed by atoms with E-state index in [0.717, 1.165) is 12.8 Å². The molecule has 1 aliphatic heterocycles. The third kappa shape index (κ3) is 4.58. The van der Waals surface area contributed by atoms with Crippen molar-refractivity contribution in [3.63, 3.8) is 0 Å². The smallest absolute Gasteiger partial charge is 0.289 e. The molecule has 0 bridgehead atoms. The molecule has 1 aliphatic rings. The maximum atomic E-state index is 12.1. The first-order valence-electron chi connectivity index (χ1n) is 7.54. The number of unbranched alkanes of at least 4 members (excludes halogenated alkanes) is 5. The number of hydrogen-bond acceptors (Lipinski definition) is 5. The Labute approximate surface area is 136 Å². The molecule has 2 rings (SSSR count). The lowest BCUT2D eigenvalue weighted by Gasteiger charge is -2.18. The van der Waals surface area contributed by atoms with E-state index < -0.39 is 10.0 Å². The molecule has 0 saturated carbocycles. The Hall–Kier alpha value is -1.34. The lowest BCUT2D eigenvalue weighted by molar-refractivity contribution is 0.594. The number of nitrogens with zero attached hydrogens (tertiary/aromatic N) is 2. The second kappa shape index (κ2) is 7.78. The summed E-state index contributed by atoms with van der Waals surface area (Å²) in [7, 11) is -3.75. The summed E-state index contributed by atoms with van der Waals surface area (Å²) in [6.07, 6.45) is 8.46. The molecule has 1 aromatic rings.